The number of rotatable bonds is 6. The van der Waals surface area contributed by atoms with Crippen molar-refractivity contribution in [2.75, 3.05) is 12.3 Å². The zero-order valence-corrected chi connectivity index (χ0v) is 15.8. The standard InChI is InChI=1S/C22H22F3NO3/c23-22(24,25)18-17(29-21(27)15-7-4-8-15)11-16(14-5-2-1-3-6-14)19(26)20(18)28-12-13-9-10-13/h1-3,5-6,11,13,15H,4,7-10,12,26H2. The van der Waals surface area contributed by atoms with E-state index in [1.165, 1.54) is 6.07 Å². The zero-order valence-electron chi connectivity index (χ0n) is 15.8. The predicted molar refractivity (Wildman–Crippen MR) is 102 cm³/mol. The quantitative estimate of drug-likeness (QED) is 0.394. The van der Waals surface area contributed by atoms with E-state index >= 15 is 0 Å². The molecule has 2 aromatic rings. The third kappa shape index (κ3) is 4.18. The fourth-order valence-corrected chi connectivity index (χ4v) is 3.33. The Morgan fingerprint density at radius 2 is 1.79 bits per heavy atom. The van der Waals surface area contributed by atoms with Gasteiger partial charge in [0.15, 0.2) is 5.75 Å². The van der Waals surface area contributed by atoms with E-state index in [0.717, 1.165) is 19.3 Å². The third-order valence-electron chi connectivity index (χ3n) is 5.46. The van der Waals surface area contributed by atoms with E-state index in [0.29, 0.717) is 24.0 Å². The molecule has 0 atom stereocenters. The molecule has 2 aliphatic carbocycles. The Kier molecular flexibility index (Phi) is 5.15. The maximum absolute atomic E-state index is 14.0. The fourth-order valence-electron chi connectivity index (χ4n) is 3.33. The molecule has 0 bridgehead atoms. The number of hydrogen-bond acceptors (Lipinski definition) is 4. The van der Waals surface area contributed by atoms with Gasteiger partial charge in [-0.05, 0) is 43.2 Å². The molecule has 2 aliphatic rings. The predicted octanol–water partition coefficient (Wildman–Crippen LogP) is 5.45. The fraction of sp³-hybridized carbons (Fsp3) is 0.409. The lowest BCUT2D eigenvalue weighted by molar-refractivity contribution is -0.146. The molecule has 0 aliphatic heterocycles. The minimum absolute atomic E-state index is 0.104. The van der Waals surface area contributed by atoms with Crippen molar-refractivity contribution in [3.05, 3.63) is 42.0 Å². The Bertz CT molecular complexity index is 904. The van der Waals surface area contributed by atoms with Crippen molar-refractivity contribution < 1.29 is 27.4 Å². The molecule has 2 N–H and O–H groups in total. The largest absolute Gasteiger partial charge is 0.490 e. The molecule has 4 rings (SSSR count). The summed E-state index contributed by atoms with van der Waals surface area (Å²) in [6.45, 7) is 0.154. The van der Waals surface area contributed by atoms with Gasteiger partial charge in [0, 0.05) is 5.56 Å². The number of benzene rings is 2. The Morgan fingerprint density at radius 1 is 1.10 bits per heavy atom. The zero-order chi connectivity index (χ0) is 20.6. The Labute approximate surface area is 166 Å². The molecule has 29 heavy (non-hydrogen) atoms. The number of ether oxygens (including phenoxy) is 2. The summed E-state index contributed by atoms with van der Waals surface area (Å²) in [5.41, 5.74) is 5.89. The first kappa shape index (κ1) is 19.6. The molecule has 0 amide bonds. The van der Waals surface area contributed by atoms with E-state index < -0.39 is 29.2 Å². The number of alkyl halides is 3. The number of esters is 1. The van der Waals surface area contributed by atoms with Crippen LogP contribution in [-0.2, 0) is 11.0 Å². The summed E-state index contributed by atoms with van der Waals surface area (Å²) in [6, 6.07) is 10.00. The first-order valence-corrected chi connectivity index (χ1v) is 9.78. The van der Waals surface area contributed by atoms with Crippen molar-refractivity contribution in [3.8, 4) is 22.6 Å². The topological polar surface area (TPSA) is 61.5 Å². The summed E-state index contributed by atoms with van der Waals surface area (Å²) < 4.78 is 52.8. The lowest BCUT2D eigenvalue weighted by Crippen LogP contribution is -2.27. The van der Waals surface area contributed by atoms with Crippen LogP contribution in [0.2, 0.25) is 0 Å². The molecular weight excluding hydrogens is 383 g/mol. The smallest absolute Gasteiger partial charge is 0.423 e. The van der Waals surface area contributed by atoms with Crippen LogP contribution < -0.4 is 15.2 Å². The van der Waals surface area contributed by atoms with Crippen LogP contribution in [0.1, 0.15) is 37.7 Å². The van der Waals surface area contributed by atoms with Crippen LogP contribution in [0.25, 0.3) is 11.1 Å². The second kappa shape index (κ2) is 7.61. The van der Waals surface area contributed by atoms with Crippen molar-refractivity contribution in [2.24, 2.45) is 11.8 Å². The first-order chi connectivity index (χ1) is 13.8. The van der Waals surface area contributed by atoms with E-state index in [1.54, 1.807) is 30.3 Å². The van der Waals surface area contributed by atoms with Gasteiger partial charge in [-0.2, -0.15) is 13.2 Å². The Balaban J connectivity index is 1.82. The second-order valence-electron chi connectivity index (χ2n) is 7.71. The van der Waals surface area contributed by atoms with Crippen molar-refractivity contribution in [1.82, 2.24) is 0 Å². The summed E-state index contributed by atoms with van der Waals surface area (Å²) >= 11 is 0. The van der Waals surface area contributed by atoms with E-state index in [9.17, 15) is 18.0 Å². The summed E-state index contributed by atoms with van der Waals surface area (Å²) in [6.07, 6.45) is -0.806. The summed E-state index contributed by atoms with van der Waals surface area (Å²) in [7, 11) is 0. The summed E-state index contributed by atoms with van der Waals surface area (Å²) in [4.78, 5) is 12.3. The third-order valence-corrected chi connectivity index (χ3v) is 5.46. The Morgan fingerprint density at radius 3 is 2.34 bits per heavy atom. The maximum Gasteiger partial charge on any atom is 0.423 e. The van der Waals surface area contributed by atoms with Crippen LogP contribution in [0.3, 0.4) is 0 Å². The average Bonchev–Trinajstić information content (AvgIpc) is 3.44. The van der Waals surface area contributed by atoms with Gasteiger partial charge in [-0.1, -0.05) is 36.8 Å². The van der Waals surface area contributed by atoms with E-state index in [-0.39, 0.29) is 24.1 Å². The number of carbonyl (C=O) groups excluding carboxylic acids is 1. The monoisotopic (exact) mass is 405 g/mol. The lowest BCUT2D eigenvalue weighted by atomic mass is 9.86. The molecule has 2 aromatic carbocycles. The van der Waals surface area contributed by atoms with Gasteiger partial charge >= 0.3 is 12.1 Å². The highest BCUT2D eigenvalue weighted by atomic mass is 19.4. The van der Waals surface area contributed by atoms with E-state index in [1.807, 2.05) is 0 Å². The van der Waals surface area contributed by atoms with Gasteiger partial charge in [-0.3, -0.25) is 4.79 Å². The maximum atomic E-state index is 14.0. The highest BCUT2D eigenvalue weighted by Crippen LogP contribution is 2.50. The number of nitrogen functional groups attached to an aromatic ring is 1. The van der Waals surface area contributed by atoms with Gasteiger partial charge in [0.05, 0.1) is 18.2 Å². The molecular formula is C22H22F3NO3. The highest BCUT2D eigenvalue weighted by Gasteiger charge is 2.42. The van der Waals surface area contributed by atoms with Gasteiger partial charge in [0.1, 0.15) is 11.3 Å². The van der Waals surface area contributed by atoms with Crippen LogP contribution >= 0.6 is 0 Å². The number of hydrogen-bond donors (Lipinski definition) is 1. The average molecular weight is 405 g/mol. The van der Waals surface area contributed by atoms with Crippen LogP contribution in [0.5, 0.6) is 11.5 Å². The van der Waals surface area contributed by atoms with Crippen molar-refractivity contribution in [2.45, 2.75) is 38.3 Å². The first-order valence-electron chi connectivity index (χ1n) is 9.78. The van der Waals surface area contributed by atoms with Crippen LogP contribution in [0, 0.1) is 11.8 Å². The van der Waals surface area contributed by atoms with E-state index in [4.69, 9.17) is 15.2 Å². The number of anilines is 1. The molecule has 0 aromatic heterocycles. The van der Waals surface area contributed by atoms with Crippen molar-refractivity contribution >= 4 is 11.7 Å². The van der Waals surface area contributed by atoms with Gasteiger partial charge < -0.3 is 15.2 Å². The molecule has 2 fully saturated rings. The SMILES string of the molecule is Nc1c(-c2ccccc2)cc(OC(=O)C2CCC2)c(C(F)(F)F)c1OCC1CC1. The number of carbonyl (C=O) groups is 1. The van der Waals surface area contributed by atoms with Gasteiger partial charge in [-0.25, -0.2) is 0 Å². The van der Waals surface area contributed by atoms with E-state index in [2.05, 4.69) is 0 Å². The minimum Gasteiger partial charge on any atom is -0.490 e. The minimum atomic E-state index is -4.78. The molecule has 154 valence electrons. The van der Waals surface area contributed by atoms with Crippen molar-refractivity contribution in [1.29, 1.82) is 0 Å². The molecule has 0 spiro atoms. The van der Waals surface area contributed by atoms with Gasteiger partial charge in [0.25, 0.3) is 0 Å². The number of nitrogens with two attached hydrogens (primary N) is 1. The van der Waals surface area contributed by atoms with Crippen LogP contribution in [-0.4, -0.2) is 12.6 Å². The van der Waals surface area contributed by atoms with Gasteiger partial charge in [0.2, 0.25) is 0 Å². The summed E-state index contributed by atoms with van der Waals surface area (Å²) in [5.74, 6) is -1.77. The second-order valence-corrected chi connectivity index (χ2v) is 7.71. The van der Waals surface area contributed by atoms with Gasteiger partial charge in [-0.15, -0.1) is 0 Å². The van der Waals surface area contributed by atoms with Crippen molar-refractivity contribution in [3.63, 3.8) is 0 Å². The Hall–Kier alpha value is -2.70. The lowest BCUT2D eigenvalue weighted by Gasteiger charge is -2.25. The molecule has 0 saturated heterocycles. The summed E-state index contributed by atoms with van der Waals surface area (Å²) in [5, 5.41) is 0. The van der Waals surface area contributed by atoms with Crippen LogP contribution in [0.15, 0.2) is 36.4 Å². The molecule has 2 saturated carbocycles. The van der Waals surface area contributed by atoms with Crippen LogP contribution in [0.4, 0.5) is 18.9 Å². The molecule has 7 heteroatoms. The molecule has 4 nitrogen and oxygen atoms in total. The normalized spacial score (nSPS) is 16.9. The molecule has 0 unspecified atom stereocenters. The molecule has 0 radical (unpaired) electrons. The highest BCUT2D eigenvalue weighted by molar-refractivity contribution is 5.86. The molecule has 0 heterocycles. The number of halogens is 3.